The van der Waals surface area contributed by atoms with Gasteiger partial charge in [-0.1, -0.05) is 0 Å². The summed E-state index contributed by atoms with van der Waals surface area (Å²) in [6.07, 6.45) is 5.10. The van der Waals surface area contributed by atoms with Gasteiger partial charge in [-0.05, 0) is 31.8 Å². The first-order valence-corrected chi connectivity index (χ1v) is 9.93. The number of anilines is 2. The number of carbonyl (C=O) groups excluding carboxylic acids is 1. The van der Waals surface area contributed by atoms with Gasteiger partial charge >= 0.3 is 0 Å². The molecule has 3 heterocycles. The SMILES string of the molecule is CN(C)CCn1cc(-c2cnc3c(n2)N(C(=O)Cc2cc(F)cc(F)c2)CCN3)cn1. The number of hydrogen-bond donors (Lipinski definition) is 1. The van der Waals surface area contributed by atoms with Crippen molar-refractivity contribution in [2.24, 2.45) is 0 Å². The van der Waals surface area contributed by atoms with Crippen LogP contribution in [-0.4, -0.2) is 64.3 Å². The topological polar surface area (TPSA) is 79.2 Å². The summed E-state index contributed by atoms with van der Waals surface area (Å²) in [5.74, 6) is -0.838. The van der Waals surface area contributed by atoms with E-state index in [1.54, 1.807) is 12.4 Å². The first-order chi connectivity index (χ1) is 14.9. The molecule has 2 aromatic heterocycles. The molecule has 1 aliphatic heterocycles. The lowest BCUT2D eigenvalue weighted by molar-refractivity contribution is -0.118. The minimum Gasteiger partial charge on any atom is -0.365 e. The fourth-order valence-corrected chi connectivity index (χ4v) is 3.37. The zero-order valence-corrected chi connectivity index (χ0v) is 17.3. The summed E-state index contributed by atoms with van der Waals surface area (Å²) < 4.78 is 28.8. The average Bonchev–Trinajstić information content (AvgIpc) is 3.19. The Hall–Kier alpha value is -3.40. The number of nitrogens with one attached hydrogen (secondary N) is 1. The summed E-state index contributed by atoms with van der Waals surface area (Å²) in [7, 11) is 3.99. The number of halogens is 2. The monoisotopic (exact) mass is 427 g/mol. The number of rotatable bonds is 6. The summed E-state index contributed by atoms with van der Waals surface area (Å²) in [4.78, 5) is 25.5. The Morgan fingerprint density at radius 1 is 1.19 bits per heavy atom. The molecular formula is C21H23F2N7O. The van der Waals surface area contributed by atoms with Crippen LogP contribution in [0.3, 0.4) is 0 Å². The number of likely N-dealkylation sites (N-methyl/N-ethyl adjacent to an activating group) is 1. The van der Waals surface area contributed by atoms with Crippen LogP contribution in [0.2, 0.25) is 0 Å². The predicted molar refractivity (Wildman–Crippen MR) is 113 cm³/mol. The van der Waals surface area contributed by atoms with E-state index in [2.05, 4.69) is 25.3 Å². The van der Waals surface area contributed by atoms with Gasteiger partial charge < -0.3 is 10.2 Å². The third kappa shape index (κ3) is 4.85. The predicted octanol–water partition coefficient (Wildman–Crippen LogP) is 2.18. The van der Waals surface area contributed by atoms with E-state index in [9.17, 15) is 13.6 Å². The Labute approximate surface area is 178 Å². The summed E-state index contributed by atoms with van der Waals surface area (Å²) in [6, 6.07) is 3.10. The lowest BCUT2D eigenvalue weighted by Crippen LogP contribution is -2.40. The van der Waals surface area contributed by atoms with Gasteiger partial charge in [0.05, 0.1) is 31.1 Å². The van der Waals surface area contributed by atoms with E-state index in [-0.39, 0.29) is 17.9 Å². The molecule has 0 aliphatic carbocycles. The molecule has 0 bridgehead atoms. The van der Waals surface area contributed by atoms with Crippen LogP contribution in [-0.2, 0) is 17.8 Å². The maximum absolute atomic E-state index is 13.5. The van der Waals surface area contributed by atoms with Crippen LogP contribution in [0.15, 0.2) is 36.8 Å². The van der Waals surface area contributed by atoms with Crippen molar-refractivity contribution >= 4 is 17.5 Å². The van der Waals surface area contributed by atoms with Gasteiger partial charge in [-0.3, -0.25) is 14.4 Å². The van der Waals surface area contributed by atoms with Crippen molar-refractivity contribution in [3.63, 3.8) is 0 Å². The van der Waals surface area contributed by atoms with E-state index < -0.39 is 11.6 Å². The molecule has 0 saturated heterocycles. The van der Waals surface area contributed by atoms with Crippen LogP contribution < -0.4 is 10.2 Å². The first-order valence-electron chi connectivity index (χ1n) is 9.93. The quantitative estimate of drug-likeness (QED) is 0.650. The fraction of sp³-hybridized carbons (Fsp3) is 0.333. The Morgan fingerprint density at radius 2 is 1.97 bits per heavy atom. The highest BCUT2D eigenvalue weighted by atomic mass is 19.1. The highest BCUT2D eigenvalue weighted by Crippen LogP contribution is 2.28. The molecule has 4 rings (SSSR count). The number of benzene rings is 1. The maximum atomic E-state index is 13.5. The van der Waals surface area contributed by atoms with Gasteiger partial charge in [0, 0.05) is 37.5 Å². The van der Waals surface area contributed by atoms with Gasteiger partial charge in [0.25, 0.3) is 0 Å². The lowest BCUT2D eigenvalue weighted by atomic mass is 10.1. The van der Waals surface area contributed by atoms with E-state index >= 15 is 0 Å². The van der Waals surface area contributed by atoms with Crippen LogP contribution in [0.5, 0.6) is 0 Å². The number of hydrogen-bond acceptors (Lipinski definition) is 6. The number of carbonyl (C=O) groups is 1. The van der Waals surface area contributed by atoms with Crippen molar-refractivity contribution in [3.8, 4) is 11.3 Å². The molecule has 1 aliphatic rings. The lowest BCUT2D eigenvalue weighted by Gasteiger charge is -2.28. The third-order valence-electron chi connectivity index (χ3n) is 4.92. The van der Waals surface area contributed by atoms with Crippen molar-refractivity contribution in [2.75, 3.05) is 43.9 Å². The molecule has 0 atom stereocenters. The van der Waals surface area contributed by atoms with Crippen LogP contribution in [0.1, 0.15) is 5.56 Å². The van der Waals surface area contributed by atoms with E-state index in [1.807, 2.05) is 25.0 Å². The van der Waals surface area contributed by atoms with Gasteiger partial charge in [0.15, 0.2) is 11.6 Å². The number of fused-ring (bicyclic) bond motifs is 1. The van der Waals surface area contributed by atoms with Gasteiger partial charge in [-0.2, -0.15) is 5.10 Å². The largest absolute Gasteiger partial charge is 0.365 e. The second-order valence-electron chi connectivity index (χ2n) is 7.65. The van der Waals surface area contributed by atoms with Crippen LogP contribution >= 0.6 is 0 Å². The van der Waals surface area contributed by atoms with E-state index in [0.717, 1.165) is 36.9 Å². The van der Waals surface area contributed by atoms with E-state index in [1.165, 1.54) is 4.90 Å². The Kier molecular flexibility index (Phi) is 5.90. The van der Waals surface area contributed by atoms with Gasteiger partial charge in [-0.15, -0.1) is 0 Å². The Bertz CT molecular complexity index is 1080. The van der Waals surface area contributed by atoms with Crippen LogP contribution in [0.25, 0.3) is 11.3 Å². The molecule has 1 aromatic carbocycles. The zero-order valence-electron chi connectivity index (χ0n) is 17.3. The second kappa shape index (κ2) is 8.76. The normalized spacial score (nSPS) is 13.3. The maximum Gasteiger partial charge on any atom is 0.232 e. The van der Waals surface area contributed by atoms with Crippen LogP contribution in [0.4, 0.5) is 20.4 Å². The molecule has 0 fully saturated rings. The van der Waals surface area contributed by atoms with E-state index in [4.69, 9.17) is 0 Å². The van der Waals surface area contributed by atoms with E-state index in [0.29, 0.717) is 30.4 Å². The van der Waals surface area contributed by atoms with Crippen molar-refractivity contribution in [3.05, 3.63) is 54.0 Å². The molecule has 162 valence electrons. The zero-order chi connectivity index (χ0) is 22.0. The van der Waals surface area contributed by atoms with Crippen molar-refractivity contribution in [1.82, 2.24) is 24.6 Å². The Morgan fingerprint density at radius 3 is 2.71 bits per heavy atom. The molecule has 0 saturated carbocycles. The Balaban J connectivity index is 1.57. The molecule has 1 amide bonds. The molecule has 1 N–H and O–H groups in total. The standard InChI is InChI=1S/C21H23F2N7O/c1-28(2)5-6-29-13-15(11-26-29)18-12-25-20-21(27-18)30(4-3-24-20)19(31)9-14-7-16(22)10-17(23)8-14/h7-8,10-13H,3-6,9H2,1-2H3,(H,24,25). The van der Waals surface area contributed by atoms with Gasteiger partial charge in [0.1, 0.15) is 11.6 Å². The minimum atomic E-state index is -0.711. The first kappa shape index (κ1) is 20.9. The third-order valence-corrected chi connectivity index (χ3v) is 4.92. The molecule has 31 heavy (non-hydrogen) atoms. The number of aromatic nitrogens is 4. The van der Waals surface area contributed by atoms with Gasteiger partial charge in [-0.25, -0.2) is 18.7 Å². The van der Waals surface area contributed by atoms with Crippen molar-refractivity contribution in [2.45, 2.75) is 13.0 Å². The fourth-order valence-electron chi connectivity index (χ4n) is 3.37. The smallest absolute Gasteiger partial charge is 0.232 e. The highest BCUT2D eigenvalue weighted by molar-refractivity contribution is 5.97. The molecule has 0 radical (unpaired) electrons. The number of amides is 1. The van der Waals surface area contributed by atoms with Crippen LogP contribution in [0, 0.1) is 11.6 Å². The molecular weight excluding hydrogens is 404 g/mol. The highest BCUT2D eigenvalue weighted by Gasteiger charge is 2.26. The number of nitrogens with zero attached hydrogens (tertiary/aromatic N) is 6. The van der Waals surface area contributed by atoms with Gasteiger partial charge in [0.2, 0.25) is 5.91 Å². The summed E-state index contributed by atoms with van der Waals surface area (Å²) in [5.41, 5.74) is 1.65. The molecule has 0 spiro atoms. The molecule has 8 nitrogen and oxygen atoms in total. The summed E-state index contributed by atoms with van der Waals surface area (Å²) in [5, 5.41) is 7.49. The second-order valence-corrected chi connectivity index (χ2v) is 7.65. The van der Waals surface area contributed by atoms with Crippen molar-refractivity contribution in [1.29, 1.82) is 0 Å². The van der Waals surface area contributed by atoms with Crippen molar-refractivity contribution < 1.29 is 13.6 Å². The minimum absolute atomic E-state index is 0.136. The summed E-state index contributed by atoms with van der Waals surface area (Å²) >= 11 is 0. The molecule has 3 aromatic rings. The molecule has 0 unspecified atom stereocenters. The average molecular weight is 427 g/mol. The molecule has 10 heteroatoms. The summed E-state index contributed by atoms with van der Waals surface area (Å²) in [6.45, 7) is 2.47.